The van der Waals surface area contributed by atoms with Crippen LogP contribution in [-0.4, -0.2) is 41.3 Å². The van der Waals surface area contributed by atoms with Crippen molar-refractivity contribution < 1.29 is 0 Å². The lowest BCUT2D eigenvalue weighted by Gasteiger charge is -2.16. The summed E-state index contributed by atoms with van der Waals surface area (Å²) in [4.78, 5) is 2.41. The van der Waals surface area contributed by atoms with E-state index in [1.165, 1.54) is 12.8 Å². The van der Waals surface area contributed by atoms with Gasteiger partial charge in [0, 0.05) is 29.9 Å². The number of likely N-dealkylation sites (N-methyl/N-ethyl adjacent to an activating group) is 1. The Labute approximate surface area is 107 Å². The molecule has 1 aliphatic carbocycles. The Morgan fingerprint density at radius 3 is 3.00 bits per heavy atom. The van der Waals surface area contributed by atoms with Crippen molar-refractivity contribution in [2.24, 2.45) is 0 Å². The molecule has 2 aromatic rings. The summed E-state index contributed by atoms with van der Waals surface area (Å²) < 4.78 is 0. The smallest absolute Gasteiger partial charge is 0.156 e. The third kappa shape index (κ3) is 2.43. The van der Waals surface area contributed by atoms with Gasteiger partial charge in [-0.15, -0.1) is 5.10 Å². The fourth-order valence-corrected chi connectivity index (χ4v) is 2.21. The summed E-state index contributed by atoms with van der Waals surface area (Å²) in [6.07, 6.45) is 4.51. The van der Waals surface area contributed by atoms with E-state index in [9.17, 15) is 0 Å². The number of rotatable bonds is 5. The molecule has 4 heteroatoms. The fraction of sp³-hybridized carbons (Fsp3) is 0.429. The molecule has 0 atom stereocenters. The van der Waals surface area contributed by atoms with Crippen LogP contribution in [0.25, 0.3) is 10.8 Å². The van der Waals surface area contributed by atoms with Crippen molar-refractivity contribution in [2.45, 2.75) is 18.9 Å². The van der Waals surface area contributed by atoms with Crippen LogP contribution in [0.1, 0.15) is 12.8 Å². The van der Waals surface area contributed by atoms with Crippen LogP contribution < -0.4 is 5.32 Å². The highest BCUT2D eigenvalue weighted by atomic mass is 15.2. The summed E-state index contributed by atoms with van der Waals surface area (Å²) in [5.41, 5.74) is 0. The van der Waals surface area contributed by atoms with Crippen molar-refractivity contribution in [2.75, 3.05) is 25.5 Å². The molecule has 0 radical (unpaired) electrons. The molecule has 1 aromatic heterocycles. The summed E-state index contributed by atoms with van der Waals surface area (Å²) in [5.74, 6) is 0.886. The van der Waals surface area contributed by atoms with Gasteiger partial charge in [-0.25, -0.2) is 0 Å². The molecule has 1 aromatic carbocycles. The normalized spacial score (nSPS) is 15.2. The second kappa shape index (κ2) is 4.90. The van der Waals surface area contributed by atoms with E-state index in [2.05, 4.69) is 39.6 Å². The molecule has 94 valence electrons. The van der Waals surface area contributed by atoms with Gasteiger partial charge in [0.15, 0.2) is 5.82 Å². The number of benzene rings is 1. The van der Waals surface area contributed by atoms with Gasteiger partial charge in [-0.05, 0) is 19.9 Å². The van der Waals surface area contributed by atoms with Crippen LogP contribution in [0, 0.1) is 0 Å². The first-order valence-electron chi connectivity index (χ1n) is 6.49. The minimum atomic E-state index is 0.811. The van der Waals surface area contributed by atoms with Crippen LogP contribution in [0.3, 0.4) is 0 Å². The average Bonchev–Trinajstić information content (AvgIpc) is 3.23. The Bertz CT molecular complexity index is 531. The molecular weight excluding hydrogens is 224 g/mol. The van der Waals surface area contributed by atoms with Crippen LogP contribution in [0.2, 0.25) is 0 Å². The summed E-state index contributed by atoms with van der Waals surface area (Å²) in [5, 5.41) is 13.9. The third-order valence-corrected chi connectivity index (χ3v) is 3.50. The quantitative estimate of drug-likeness (QED) is 0.872. The molecule has 0 amide bonds. The molecule has 1 fully saturated rings. The molecule has 0 unspecified atom stereocenters. The molecule has 1 saturated carbocycles. The van der Waals surface area contributed by atoms with Gasteiger partial charge < -0.3 is 10.2 Å². The average molecular weight is 242 g/mol. The van der Waals surface area contributed by atoms with Crippen LogP contribution in [0.15, 0.2) is 30.5 Å². The van der Waals surface area contributed by atoms with Crippen molar-refractivity contribution in [3.05, 3.63) is 30.5 Å². The van der Waals surface area contributed by atoms with E-state index in [0.717, 1.165) is 35.7 Å². The van der Waals surface area contributed by atoms with Crippen LogP contribution in [0.4, 0.5) is 5.82 Å². The van der Waals surface area contributed by atoms with E-state index in [1.54, 1.807) is 6.20 Å². The van der Waals surface area contributed by atoms with Gasteiger partial charge in [0.25, 0.3) is 0 Å². The molecule has 1 aliphatic rings. The number of fused-ring (bicyclic) bond motifs is 1. The van der Waals surface area contributed by atoms with Crippen molar-refractivity contribution >= 4 is 16.6 Å². The van der Waals surface area contributed by atoms with Crippen molar-refractivity contribution in [3.8, 4) is 0 Å². The Balaban J connectivity index is 1.66. The first kappa shape index (κ1) is 11.4. The summed E-state index contributed by atoms with van der Waals surface area (Å²) in [6.45, 7) is 1.96. The second-order valence-electron chi connectivity index (χ2n) is 4.92. The molecule has 1 heterocycles. The molecular formula is C14H18N4. The van der Waals surface area contributed by atoms with E-state index >= 15 is 0 Å². The van der Waals surface area contributed by atoms with Gasteiger partial charge in [-0.1, -0.05) is 24.3 Å². The lowest BCUT2D eigenvalue weighted by molar-refractivity contribution is 0.337. The summed E-state index contributed by atoms with van der Waals surface area (Å²) in [7, 11) is 2.19. The minimum absolute atomic E-state index is 0.811. The molecule has 18 heavy (non-hydrogen) atoms. The highest BCUT2D eigenvalue weighted by Crippen LogP contribution is 2.25. The summed E-state index contributed by atoms with van der Waals surface area (Å²) >= 11 is 0. The standard InChI is InChI=1S/C14H18N4/c1-18(12-6-7-12)9-8-15-14-13-5-3-2-4-11(13)10-16-17-14/h2-5,10,12H,6-9H2,1H3,(H,15,17). The van der Waals surface area contributed by atoms with Gasteiger partial charge in [-0.2, -0.15) is 5.10 Å². The first-order valence-corrected chi connectivity index (χ1v) is 6.49. The highest BCUT2D eigenvalue weighted by Gasteiger charge is 2.25. The maximum atomic E-state index is 4.18. The molecule has 0 saturated heterocycles. The molecule has 4 nitrogen and oxygen atoms in total. The van der Waals surface area contributed by atoms with E-state index in [-0.39, 0.29) is 0 Å². The monoisotopic (exact) mass is 242 g/mol. The molecule has 1 N–H and O–H groups in total. The van der Waals surface area contributed by atoms with Crippen LogP contribution in [-0.2, 0) is 0 Å². The second-order valence-corrected chi connectivity index (χ2v) is 4.92. The van der Waals surface area contributed by atoms with E-state index in [1.807, 2.05) is 12.1 Å². The predicted octanol–water partition coefficient (Wildman–Crippen LogP) is 2.14. The van der Waals surface area contributed by atoms with Crippen molar-refractivity contribution in [1.82, 2.24) is 15.1 Å². The lowest BCUT2D eigenvalue weighted by Crippen LogP contribution is -2.27. The Morgan fingerprint density at radius 2 is 2.17 bits per heavy atom. The van der Waals surface area contributed by atoms with Crippen LogP contribution >= 0.6 is 0 Å². The Kier molecular flexibility index (Phi) is 3.11. The van der Waals surface area contributed by atoms with E-state index in [0.29, 0.717) is 0 Å². The molecule has 0 spiro atoms. The number of nitrogens with zero attached hydrogens (tertiary/aromatic N) is 3. The SMILES string of the molecule is CN(CCNc1nncc2ccccc12)C1CC1. The zero-order valence-corrected chi connectivity index (χ0v) is 10.6. The van der Waals surface area contributed by atoms with Gasteiger partial charge in [0.1, 0.15) is 0 Å². The Hall–Kier alpha value is -1.68. The largest absolute Gasteiger partial charge is 0.367 e. The number of nitrogens with one attached hydrogen (secondary N) is 1. The molecule has 0 aliphatic heterocycles. The van der Waals surface area contributed by atoms with Gasteiger partial charge >= 0.3 is 0 Å². The maximum absolute atomic E-state index is 4.18. The maximum Gasteiger partial charge on any atom is 0.156 e. The minimum Gasteiger partial charge on any atom is -0.367 e. The zero-order valence-electron chi connectivity index (χ0n) is 10.6. The predicted molar refractivity (Wildman–Crippen MR) is 73.7 cm³/mol. The first-order chi connectivity index (χ1) is 8.84. The molecule has 0 bridgehead atoms. The number of hydrogen-bond donors (Lipinski definition) is 1. The lowest BCUT2D eigenvalue weighted by atomic mass is 10.2. The number of hydrogen-bond acceptors (Lipinski definition) is 4. The van der Waals surface area contributed by atoms with Crippen LogP contribution in [0.5, 0.6) is 0 Å². The topological polar surface area (TPSA) is 41.0 Å². The number of anilines is 1. The zero-order chi connectivity index (χ0) is 12.4. The highest BCUT2D eigenvalue weighted by molar-refractivity contribution is 5.90. The molecule has 3 rings (SSSR count). The summed E-state index contributed by atoms with van der Waals surface area (Å²) in [6, 6.07) is 9.01. The van der Waals surface area contributed by atoms with Gasteiger partial charge in [-0.3, -0.25) is 0 Å². The van der Waals surface area contributed by atoms with Crippen molar-refractivity contribution in [1.29, 1.82) is 0 Å². The van der Waals surface area contributed by atoms with Gasteiger partial charge in [0.05, 0.1) is 6.20 Å². The number of aromatic nitrogens is 2. The third-order valence-electron chi connectivity index (χ3n) is 3.50. The van der Waals surface area contributed by atoms with Crippen molar-refractivity contribution in [3.63, 3.8) is 0 Å². The fourth-order valence-electron chi connectivity index (χ4n) is 2.21. The van der Waals surface area contributed by atoms with E-state index < -0.39 is 0 Å². The van der Waals surface area contributed by atoms with E-state index in [4.69, 9.17) is 0 Å². The Morgan fingerprint density at radius 1 is 1.33 bits per heavy atom. The van der Waals surface area contributed by atoms with Gasteiger partial charge in [0.2, 0.25) is 0 Å².